The molecule has 0 aromatic heterocycles. The molecule has 1 aromatic carbocycles. The molecule has 1 aromatic rings. The second kappa shape index (κ2) is 4.14. The molecule has 3 heteroatoms. The Kier molecular flexibility index (Phi) is 3.14. The predicted octanol–water partition coefficient (Wildman–Crippen LogP) is 1.45. The highest BCUT2D eigenvalue weighted by Crippen LogP contribution is 2.14. The van der Waals surface area contributed by atoms with Crippen molar-refractivity contribution in [3.05, 3.63) is 34.6 Å². The summed E-state index contributed by atoms with van der Waals surface area (Å²) in [4.78, 5) is 10.6. The van der Waals surface area contributed by atoms with Gasteiger partial charge in [-0.05, 0) is 37.1 Å². The topological polar surface area (TPSA) is 43.1 Å². The number of carbonyl (C=O) groups excluding carboxylic acids is 1. The van der Waals surface area contributed by atoms with Crippen LogP contribution in [0.2, 0.25) is 0 Å². The van der Waals surface area contributed by atoms with E-state index in [4.69, 9.17) is 5.73 Å². The van der Waals surface area contributed by atoms with E-state index < -0.39 is 0 Å². The normalized spacial score (nSPS) is 10.1. The molecular formula is C10H12FNO. The Hall–Kier alpha value is -1.22. The first-order valence-corrected chi connectivity index (χ1v) is 4.13. The Labute approximate surface area is 76.6 Å². The molecule has 0 atom stereocenters. The van der Waals surface area contributed by atoms with E-state index in [1.54, 1.807) is 13.0 Å². The number of carbonyl (C=O) groups is 1. The molecule has 0 radical (unpaired) electrons. The summed E-state index contributed by atoms with van der Waals surface area (Å²) in [6.45, 7) is 2.13. The Bertz CT molecular complexity index is 323. The minimum Gasteiger partial charge on any atom is -0.330 e. The zero-order chi connectivity index (χ0) is 9.84. The summed E-state index contributed by atoms with van der Waals surface area (Å²) in [7, 11) is 0. The number of benzene rings is 1. The molecular weight excluding hydrogens is 169 g/mol. The lowest BCUT2D eigenvalue weighted by Crippen LogP contribution is -2.06. The van der Waals surface area contributed by atoms with Crippen molar-refractivity contribution in [2.45, 2.75) is 13.3 Å². The van der Waals surface area contributed by atoms with Crippen LogP contribution in [-0.4, -0.2) is 12.8 Å². The standard InChI is InChI=1S/C10H12FNO/c1-7-4-8(2-3-12)9(6-13)5-10(7)11/h4-6H,2-3,12H2,1H3. The summed E-state index contributed by atoms with van der Waals surface area (Å²) in [6, 6.07) is 2.93. The smallest absolute Gasteiger partial charge is 0.150 e. The Morgan fingerprint density at radius 3 is 2.77 bits per heavy atom. The average molecular weight is 181 g/mol. The van der Waals surface area contributed by atoms with E-state index in [9.17, 15) is 9.18 Å². The van der Waals surface area contributed by atoms with E-state index >= 15 is 0 Å². The summed E-state index contributed by atoms with van der Waals surface area (Å²) < 4.78 is 13.0. The average Bonchev–Trinajstić information content (AvgIpc) is 2.11. The number of aldehydes is 1. The molecule has 70 valence electrons. The molecule has 0 heterocycles. The van der Waals surface area contributed by atoms with Crippen LogP contribution < -0.4 is 5.73 Å². The minimum absolute atomic E-state index is 0.345. The molecule has 2 N–H and O–H groups in total. The van der Waals surface area contributed by atoms with Crippen molar-refractivity contribution in [2.24, 2.45) is 5.73 Å². The van der Waals surface area contributed by atoms with Crippen LogP contribution in [0.4, 0.5) is 4.39 Å². The lowest BCUT2D eigenvalue weighted by molar-refractivity contribution is 0.112. The van der Waals surface area contributed by atoms with Gasteiger partial charge < -0.3 is 5.73 Å². The molecule has 1 rings (SSSR count). The Morgan fingerprint density at radius 1 is 1.54 bits per heavy atom. The summed E-state index contributed by atoms with van der Waals surface area (Å²) in [5.41, 5.74) is 7.13. The number of rotatable bonds is 3. The Morgan fingerprint density at radius 2 is 2.23 bits per heavy atom. The van der Waals surface area contributed by atoms with E-state index in [-0.39, 0.29) is 5.82 Å². The third-order valence-corrected chi connectivity index (χ3v) is 1.96. The highest BCUT2D eigenvalue weighted by Gasteiger charge is 2.05. The summed E-state index contributed by atoms with van der Waals surface area (Å²) >= 11 is 0. The summed E-state index contributed by atoms with van der Waals surface area (Å²) in [5, 5.41) is 0. The Balaban J connectivity index is 3.16. The molecule has 0 aliphatic heterocycles. The molecule has 0 aliphatic carbocycles. The molecule has 13 heavy (non-hydrogen) atoms. The molecule has 0 unspecified atom stereocenters. The van der Waals surface area contributed by atoms with E-state index in [0.717, 1.165) is 5.56 Å². The van der Waals surface area contributed by atoms with Crippen molar-refractivity contribution in [3.63, 3.8) is 0 Å². The van der Waals surface area contributed by atoms with Crippen LogP contribution in [-0.2, 0) is 6.42 Å². The second-order valence-corrected chi connectivity index (χ2v) is 2.96. The van der Waals surface area contributed by atoms with Crippen LogP contribution in [0.5, 0.6) is 0 Å². The van der Waals surface area contributed by atoms with Crippen LogP contribution in [0.3, 0.4) is 0 Å². The quantitative estimate of drug-likeness (QED) is 0.717. The van der Waals surface area contributed by atoms with Gasteiger partial charge in [-0.2, -0.15) is 0 Å². The van der Waals surface area contributed by atoms with Gasteiger partial charge in [0.1, 0.15) is 12.1 Å². The molecule has 2 nitrogen and oxygen atoms in total. The molecule has 0 amide bonds. The fourth-order valence-corrected chi connectivity index (χ4v) is 1.24. The molecule has 0 aliphatic rings. The van der Waals surface area contributed by atoms with E-state index in [0.29, 0.717) is 30.4 Å². The van der Waals surface area contributed by atoms with Gasteiger partial charge in [0.2, 0.25) is 0 Å². The van der Waals surface area contributed by atoms with Crippen LogP contribution >= 0.6 is 0 Å². The van der Waals surface area contributed by atoms with Gasteiger partial charge in [0.25, 0.3) is 0 Å². The number of hydrogen-bond acceptors (Lipinski definition) is 2. The summed E-state index contributed by atoms with van der Waals surface area (Å²) in [6.07, 6.45) is 1.27. The van der Waals surface area contributed by atoms with Crippen molar-refractivity contribution in [2.75, 3.05) is 6.54 Å². The highest BCUT2D eigenvalue weighted by molar-refractivity contribution is 5.77. The van der Waals surface area contributed by atoms with E-state index in [1.807, 2.05) is 0 Å². The number of hydrogen-bond donors (Lipinski definition) is 1. The van der Waals surface area contributed by atoms with Gasteiger partial charge in [-0.15, -0.1) is 0 Å². The fourth-order valence-electron chi connectivity index (χ4n) is 1.24. The lowest BCUT2D eigenvalue weighted by Gasteiger charge is -2.05. The maximum absolute atomic E-state index is 13.0. The zero-order valence-corrected chi connectivity index (χ0v) is 7.51. The zero-order valence-electron chi connectivity index (χ0n) is 7.51. The molecule has 0 fully saturated rings. The van der Waals surface area contributed by atoms with Crippen molar-refractivity contribution in [3.8, 4) is 0 Å². The minimum atomic E-state index is -0.345. The second-order valence-electron chi connectivity index (χ2n) is 2.96. The van der Waals surface area contributed by atoms with Crippen molar-refractivity contribution < 1.29 is 9.18 Å². The number of aryl methyl sites for hydroxylation is 1. The molecule has 0 spiro atoms. The summed E-state index contributed by atoms with van der Waals surface area (Å²) in [5.74, 6) is -0.345. The fraction of sp³-hybridized carbons (Fsp3) is 0.300. The van der Waals surface area contributed by atoms with Gasteiger partial charge in [0.05, 0.1) is 0 Å². The largest absolute Gasteiger partial charge is 0.330 e. The maximum atomic E-state index is 13.0. The third kappa shape index (κ3) is 2.12. The van der Waals surface area contributed by atoms with Crippen LogP contribution in [0, 0.1) is 12.7 Å². The van der Waals surface area contributed by atoms with Crippen LogP contribution in [0.1, 0.15) is 21.5 Å². The van der Waals surface area contributed by atoms with Gasteiger partial charge in [0, 0.05) is 5.56 Å². The van der Waals surface area contributed by atoms with Gasteiger partial charge in [-0.25, -0.2) is 4.39 Å². The van der Waals surface area contributed by atoms with Crippen LogP contribution in [0.15, 0.2) is 12.1 Å². The van der Waals surface area contributed by atoms with Crippen LogP contribution in [0.25, 0.3) is 0 Å². The van der Waals surface area contributed by atoms with Crippen molar-refractivity contribution >= 4 is 6.29 Å². The highest BCUT2D eigenvalue weighted by atomic mass is 19.1. The number of nitrogens with two attached hydrogens (primary N) is 1. The first-order valence-electron chi connectivity index (χ1n) is 4.13. The van der Waals surface area contributed by atoms with E-state index in [1.165, 1.54) is 6.07 Å². The maximum Gasteiger partial charge on any atom is 0.150 e. The van der Waals surface area contributed by atoms with Gasteiger partial charge in [0.15, 0.2) is 0 Å². The van der Waals surface area contributed by atoms with Gasteiger partial charge in [-0.3, -0.25) is 4.79 Å². The monoisotopic (exact) mass is 181 g/mol. The first kappa shape index (κ1) is 9.86. The van der Waals surface area contributed by atoms with Gasteiger partial charge >= 0.3 is 0 Å². The molecule has 0 bridgehead atoms. The van der Waals surface area contributed by atoms with Crippen molar-refractivity contribution in [1.82, 2.24) is 0 Å². The predicted molar refractivity (Wildman–Crippen MR) is 49.3 cm³/mol. The number of halogens is 1. The molecule has 0 saturated heterocycles. The SMILES string of the molecule is Cc1cc(CCN)c(C=O)cc1F. The van der Waals surface area contributed by atoms with Gasteiger partial charge in [-0.1, -0.05) is 6.07 Å². The van der Waals surface area contributed by atoms with E-state index in [2.05, 4.69) is 0 Å². The molecule has 0 saturated carbocycles. The lowest BCUT2D eigenvalue weighted by atomic mass is 10.0. The third-order valence-electron chi connectivity index (χ3n) is 1.96. The van der Waals surface area contributed by atoms with Crippen molar-refractivity contribution in [1.29, 1.82) is 0 Å². The first-order chi connectivity index (χ1) is 6.19.